The van der Waals surface area contributed by atoms with Crippen LogP contribution in [0.3, 0.4) is 0 Å². The first-order chi connectivity index (χ1) is 15.6. The van der Waals surface area contributed by atoms with Crippen LogP contribution in [0.2, 0.25) is 0 Å². The average molecular weight is 466 g/mol. The van der Waals surface area contributed by atoms with Crippen molar-refractivity contribution in [1.29, 1.82) is 0 Å². The summed E-state index contributed by atoms with van der Waals surface area (Å²) < 4.78 is 67.7. The number of nitrogens with zero attached hydrogens (tertiary/aromatic N) is 4. The molecule has 0 spiro atoms. The van der Waals surface area contributed by atoms with Crippen LogP contribution >= 0.6 is 0 Å². The smallest absolute Gasteiger partial charge is 0.342 e. The van der Waals surface area contributed by atoms with E-state index in [0.29, 0.717) is 24.6 Å². The summed E-state index contributed by atoms with van der Waals surface area (Å²) in [5.74, 6) is -0.728. The third-order valence-electron chi connectivity index (χ3n) is 5.70. The Morgan fingerprint density at radius 2 is 1.97 bits per heavy atom. The summed E-state index contributed by atoms with van der Waals surface area (Å²) in [6.45, 7) is 4.62. The van der Waals surface area contributed by atoms with Crippen molar-refractivity contribution in [3.05, 3.63) is 59.7 Å². The fourth-order valence-electron chi connectivity index (χ4n) is 3.90. The molecule has 4 rings (SSSR count). The summed E-state index contributed by atoms with van der Waals surface area (Å²) in [5.41, 5.74) is 3.12. The normalized spacial score (nSPS) is 19.8. The van der Waals surface area contributed by atoms with E-state index < -0.39 is 29.6 Å². The molecule has 33 heavy (non-hydrogen) atoms. The van der Waals surface area contributed by atoms with Gasteiger partial charge in [-0.3, -0.25) is 0 Å². The lowest BCUT2D eigenvalue weighted by atomic mass is 9.95. The zero-order valence-corrected chi connectivity index (χ0v) is 18.0. The molecule has 0 saturated carbocycles. The minimum absolute atomic E-state index is 0.0804. The Bertz CT molecular complexity index is 1110. The number of imidazole rings is 1. The van der Waals surface area contributed by atoms with Crippen LogP contribution in [-0.4, -0.2) is 44.2 Å². The highest BCUT2D eigenvalue weighted by atomic mass is 19.4. The monoisotopic (exact) mass is 466 g/mol. The third-order valence-corrected chi connectivity index (χ3v) is 5.70. The molecule has 2 atom stereocenters. The van der Waals surface area contributed by atoms with Gasteiger partial charge in [-0.2, -0.15) is 13.2 Å². The van der Waals surface area contributed by atoms with Crippen LogP contribution in [0.1, 0.15) is 49.1 Å². The van der Waals surface area contributed by atoms with Gasteiger partial charge < -0.3 is 10.4 Å². The summed E-state index contributed by atoms with van der Waals surface area (Å²) in [6, 6.07) is 2.72. The first-order valence-corrected chi connectivity index (χ1v) is 10.5. The molecule has 2 aromatic heterocycles. The summed E-state index contributed by atoms with van der Waals surface area (Å²) in [4.78, 5) is 15.4. The maximum atomic E-state index is 15.1. The molecule has 1 fully saturated rings. The predicted octanol–water partition coefficient (Wildman–Crippen LogP) is 5.30. The van der Waals surface area contributed by atoms with Gasteiger partial charge in [0.25, 0.3) is 0 Å². The van der Waals surface area contributed by atoms with Gasteiger partial charge in [-0.1, -0.05) is 13.8 Å². The summed E-state index contributed by atoms with van der Waals surface area (Å²) >= 11 is 0. The van der Waals surface area contributed by atoms with E-state index in [-0.39, 0.29) is 23.7 Å². The molecular weight excluding hydrogens is 443 g/mol. The highest BCUT2D eigenvalue weighted by molar-refractivity contribution is 5.60. The largest absolute Gasteiger partial charge is 0.419 e. The Balaban J connectivity index is 1.47. The number of anilines is 1. The molecule has 6 nitrogen and oxygen atoms in total. The van der Waals surface area contributed by atoms with E-state index >= 15 is 4.39 Å². The van der Waals surface area contributed by atoms with Gasteiger partial charge in [0.2, 0.25) is 0 Å². The topological polar surface area (TPSA) is 69.7 Å². The van der Waals surface area contributed by atoms with E-state index in [1.54, 1.807) is 11.2 Å². The van der Waals surface area contributed by atoms with Crippen molar-refractivity contribution in [2.45, 2.75) is 44.5 Å². The van der Waals surface area contributed by atoms with Gasteiger partial charge in [0, 0.05) is 23.9 Å². The molecule has 0 bridgehead atoms. The molecule has 11 heteroatoms. The van der Waals surface area contributed by atoms with Gasteiger partial charge in [0.1, 0.15) is 30.0 Å². The number of nitrogens with one attached hydrogen (secondary N) is 2. The van der Waals surface area contributed by atoms with Crippen molar-refractivity contribution in [2.75, 3.05) is 18.5 Å². The molecule has 3 aromatic rings. The molecule has 1 aliphatic heterocycles. The lowest BCUT2D eigenvalue weighted by Crippen LogP contribution is -2.44. The second-order valence-corrected chi connectivity index (χ2v) is 8.32. The Morgan fingerprint density at radius 1 is 1.18 bits per heavy atom. The Kier molecular flexibility index (Phi) is 6.33. The number of hydrazine groups is 1. The third kappa shape index (κ3) is 4.97. The molecule has 1 aromatic carbocycles. The van der Waals surface area contributed by atoms with Gasteiger partial charge in [0.15, 0.2) is 0 Å². The zero-order chi connectivity index (χ0) is 23.8. The Hall–Kier alpha value is -3.08. The van der Waals surface area contributed by atoms with E-state index in [9.17, 15) is 17.6 Å². The number of rotatable bonds is 5. The Morgan fingerprint density at radius 3 is 2.67 bits per heavy atom. The highest BCUT2D eigenvalue weighted by Crippen LogP contribution is 2.35. The Labute approximate surface area is 187 Å². The van der Waals surface area contributed by atoms with Crippen LogP contribution in [0.25, 0.3) is 11.3 Å². The maximum Gasteiger partial charge on any atom is 0.419 e. The molecule has 0 amide bonds. The van der Waals surface area contributed by atoms with Crippen molar-refractivity contribution >= 4 is 5.82 Å². The number of halogens is 5. The fraction of sp³-hybridized carbons (Fsp3) is 0.409. The summed E-state index contributed by atoms with van der Waals surface area (Å²) in [5, 5.41) is 1.74. The van der Waals surface area contributed by atoms with Crippen LogP contribution < -0.4 is 5.43 Å². The minimum atomic E-state index is -4.81. The predicted molar refractivity (Wildman–Crippen MR) is 113 cm³/mol. The molecule has 2 N–H and O–H groups in total. The van der Waals surface area contributed by atoms with Gasteiger partial charge in [-0.15, -0.1) is 0 Å². The highest BCUT2D eigenvalue weighted by Gasteiger charge is 2.35. The second kappa shape index (κ2) is 9.05. The number of H-pyrrole nitrogens is 1. The van der Waals surface area contributed by atoms with Gasteiger partial charge in [0.05, 0.1) is 29.9 Å². The molecule has 176 valence electrons. The van der Waals surface area contributed by atoms with E-state index in [0.717, 1.165) is 17.7 Å². The molecule has 0 radical (unpaired) electrons. The number of aromatic amines is 1. The fourth-order valence-corrected chi connectivity index (χ4v) is 3.90. The molecule has 1 aliphatic rings. The van der Waals surface area contributed by atoms with Crippen LogP contribution in [0.4, 0.5) is 27.8 Å². The zero-order valence-electron chi connectivity index (χ0n) is 18.0. The number of benzene rings is 1. The van der Waals surface area contributed by atoms with Crippen molar-refractivity contribution in [1.82, 2.24) is 24.9 Å². The standard InChI is InChI=1S/C22H23F5N6/c1-12(2)15-8-28-11-30-21(15)32-33-6-5-14(18(24)10-33)20-29-9-19(31-20)13-3-4-17(23)16(7-13)22(25,26)27/h3-4,7-9,11-12,14,18H,5-6,10H2,1-2H3,(H,29,31)(H,28,30,32). The summed E-state index contributed by atoms with van der Waals surface area (Å²) in [7, 11) is 0. The number of aromatic nitrogens is 4. The lowest BCUT2D eigenvalue weighted by molar-refractivity contribution is -0.139. The first-order valence-electron chi connectivity index (χ1n) is 10.5. The average Bonchev–Trinajstić information content (AvgIpc) is 3.23. The SMILES string of the molecule is CC(C)c1cncnc1NN1CCC(c2ncc(-c3ccc(F)c(C(F)(F)F)c3)[nH]2)C(F)C1. The van der Waals surface area contributed by atoms with Crippen molar-refractivity contribution in [3.8, 4) is 11.3 Å². The molecule has 0 aliphatic carbocycles. The van der Waals surface area contributed by atoms with E-state index in [4.69, 9.17) is 0 Å². The number of hydrogen-bond acceptors (Lipinski definition) is 5. The van der Waals surface area contributed by atoms with Crippen molar-refractivity contribution in [2.24, 2.45) is 0 Å². The first kappa shape index (κ1) is 23.1. The van der Waals surface area contributed by atoms with Crippen LogP contribution in [-0.2, 0) is 6.18 Å². The van der Waals surface area contributed by atoms with E-state index in [1.165, 1.54) is 18.6 Å². The molecule has 2 unspecified atom stereocenters. The maximum absolute atomic E-state index is 15.1. The summed E-state index contributed by atoms with van der Waals surface area (Å²) in [6.07, 6.45) is -1.15. The van der Waals surface area contributed by atoms with E-state index in [1.807, 2.05) is 13.8 Å². The van der Waals surface area contributed by atoms with Crippen LogP contribution in [0.15, 0.2) is 36.9 Å². The second-order valence-electron chi connectivity index (χ2n) is 8.32. The number of hydrogen-bond donors (Lipinski definition) is 2. The number of piperidine rings is 1. The van der Waals surface area contributed by atoms with Crippen LogP contribution in [0, 0.1) is 5.82 Å². The lowest BCUT2D eigenvalue weighted by Gasteiger charge is -2.34. The quantitative estimate of drug-likeness (QED) is 0.500. The van der Waals surface area contributed by atoms with Crippen LogP contribution in [0.5, 0.6) is 0 Å². The van der Waals surface area contributed by atoms with Gasteiger partial charge in [-0.05, 0) is 30.5 Å². The molecular formula is C22H23F5N6. The molecule has 1 saturated heterocycles. The molecule has 3 heterocycles. The van der Waals surface area contributed by atoms with Crippen molar-refractivity contribution in [3.63, 3.8) is 0 Å². The minimum Gasteiger partial charge on any atom is -0.342 e. The van der Waals surface area contributed by atoms with Gasteiger partial charge in [-0.25, -0.2) is 28.7 Å². The van der Waals surface area contributed by atoms with E-state index in [2.05, 4.69) is 25.4 Å². The number of alkyl halides is 4. The van der Waals surface area contributed by atoms with Crippen molar-refractivity contribution < 1.29 is 22.0 Å². The van der Waals surface area contributed by atoms with Gasteiger partial charge >= 0.3 is 6.18 Å².